The van der Waals surface area contributed by atoms with Gasteiger partial charge in [0.15, 0.2) is 0 Å². The van der Waals surface area contributed by atoms with Crippen LogP contribution in [-0.2, 0) is 20.7 Å². The Morgan fingerprint density at radius 3 is 2.68 bits per heavy atom. The van der Waals surface area contributed by atoms with Gasteiger partial charge in [-0.25, -0.2) is 4.79 Å². The van der Waals surface area contributed by atoms with Gasteiger partial charge in [0.1, 0.15) is 0 Å². The van der Waals surface area contributed by atoms with E-state index in [1.165, 1.54) is 7.11 Å². The molecule has 1 aromatic carbocycles. The molecule has 0 aliphatic heterocycles. The van der Waals surface area contributed by atoms with Gasteiger partial charge in [-0.2, -0.15) is 0 Å². The highest BCUT2D eigenvalue weighted by atomic mass is 35.5. The lowest BCUT2D eigenvalue weighted by Crippen LogP contribution is -2.34. The molecule has 138 valence electrons. The molecule has 1 aliphatic rings. The Bertz CT molecular complexity index is 644. The van der Waals surface area contributed by atoms with E-state index in [1.54, 1.807) is 0 Å². The van der Waals surface area contributed by atoms with Gasteiger partial charge in [-0.3, -0.25) is 4.79 Å². The highest BCUT2D eigenvalue weighted by Gasteiger charge is 2.36. The number of carbonyl (C=O) groups excluding carboxylic acids is 2. The maximum absolute atomic E-state index is 12.2. The summed E-state index contributed by atoms with van der Waals surface area (Å²) in [6.45, 7) is 7.11. The number of ether oxygens (including phenoxy) is 2. The molecule has 0 saturated heterocycles. The first kappa shape index (κ1) is 19.8. The number of hydrogen-bond donors (Lipinski definition) is 1. The van der Waals surface area contributed by atoms with E-state index in [1.807, 2.05) is 18.2 Å². The van der Waals surface area contributed by atoms with Crippen molar-refractivity contribution < 1.29 is 19.1 Å². The smallest absolute Gasteiger partial charge is 0.407 e. The largest absolute Gasteiger partial charge is 0.469 e. The Morgan fingerprint density at radius 1 is 1.32 bits per heavy atom. The summed E-state index contributed by atoms with van der Waals surface area (Å²) in [6, 6.07) is 6.23. The van der Waals surface area contributed by atoms with Gasteiger partial charge in [0.25, 0.3) is 0 Å². The quantitative estimate of drug-likeness (QED) is 0.591. The molecule has 2 rings (SSSR count). The van der Waals surface area contributed by atoms with Gasteiger partial charge in [-0.05, 0) is 35.6 Å². The number of fused-ring (bicyclic) bond motifs is 1. The van der Waals surface area contributed by atoms with Crippen LogP contribution in [0.3, 0.4) is 0 Å². The monoisotopic (exact) mass is 383 g/mol. The number of nitrogens with one attached hydrogen (secondary N) is 1. The van der Waals surface area contributed by atoms with Crippen LogP contribution in [0, 0.1) is 5.92 Å². The first-order chi connectivity index (χ1) is 11.7. The minimum Gasteiger partial charge on any atom is -0.469 e. The standard InChI is InChI=1S/C18H26ClNO4Si/c1-23-16(21)11-12-10-14-13(6-5-7-15(14)19)17(12)20-18(22)24-8-9-25(2,3)4/h5-7,12,17H,8-11H2,1-4H3,(H,20,22). The fourth-order valence-corrected chi connectivity index (χ4v) is 3.99. The van der Waals surface area contributed by atoms with Crippen LogP contribution >= 0.6 is 11.6 Å². The van der Waals surface area contributed by atoms with Crippen molar-refractivity contribution in [3.05, 3.63) is 34.3 Å². The predicted octanol–water partition coefficient (Wildman–Crippen LogP) is 4.18. The summed E-state index contributed by atoms with van der Waals surface area (Å²) in [5, 5.41) is 3.57. The summed E-state index contributed by atoms with van der Waals surface area (Å²) in [4.78, 5) is 23.9. The average Bonchev–Trinajstić information content (AvgIpc) is 2.85. The summed E-state index contributed by atoms with van der Waals surface area (Å²) in [5.74, 6) is -0.389. The fourth-order valence-electron chi connectivity index (χ4n) is 3.02. The number of hydrogen-bond acceptors (Lipinski definition) is 4. The lowest BCUT2D eigenvalue weighted by molar-refractivity contribution is -0.141. The van der Waals surface area contributed by atoms with Gasteiger partial charge < -0.3 is 14.8 Å². The van der Waals surface area contributed by atoms with Gasteiger partial charge >= 0.3 is 12.1 Å². The molecule has 2 unspecified atom stereocenters. The summed E-state index contributed by atoms with van der Waals surface area (Å²) < 4.78 is 10.1. The molecule has 25 heavy (non-hydrogen) atoms. The van der Waals surface area contributed by atoms with Crippen molar-refractivity contribution in [2.75, 3.05) is 13.7 Å². The van der Waals surface area contributed by atoms with E-state index in [0.717, 1.165) is 17.2 Å². The van der Waals surface area contributed by atoms with E-state index in [9.17, 15) is 9.59 Å². The van der Waals surface area contributed by atoms with E-state index < -0.39 is 14.2 Å². The highest BCUT2D eigenvalue weighted by Crippen LogP contribution is 2.41. The number of benzene rings is 1. The second kappa shape index (κ2) is 8.23. The average molecular weight is 384 g/mol. The van der Waals surface area contributed by atoms with Gasteiger partial charge in [0.05, 0.1) is 26.2 Å². The van der Waals surface area contributed by atoms with Crippen LogP contribution in [0.2, 0.25) is 30.7 Å². The van der Waals surface area contributed by atoms with Crippen molar-refractivity contribution in [3.8, 4) is 0 Å². The van der Waals surface area contributed by atoms with Gasteiger partial charge in [0.2, 0.25) is 0 Å². The molecule has 7 heteroatoms. The number of alkyl carbamates (subject to hydrolysis) is 1. The predicted molar refractivity (Wildman–Crippen MR) is 101 cm³/mol. The summed E-state index contributed by atoms with van der Waals surface area (Å²) in [7, 11) is 0.108. The molecule has 0 spiro atoms. The van der Waals surface area contributed by atoms with Crippen molar-refractivity contribution in [2.45, 2.75) is 44.6 Å². The Morgan fingerprint density at radius 2 is 2.04 bits per heavy atom. The molecule has 1 aliphatic carbocycles. The van der Waals surface area contributed by atoms with E-state index in [0.29, 0.717) is 18.1 Å². The first-order valence-electron chi connectivity index (χ1n) is 8.48. The zero-order chi connectivity index (χ0) is 18.6. The van der Waals surface area contributed by atoms with Crippen LogP contribution < -0.4 is 5.32 Å². The SMILES string of the molecule is COC(=O)CC1Cc2c(Cl)cccc2C1NC(=O)OCC[Si](C)(C)C. The van der Waals surface area contributed by atoms with Crippen LogP contribution in [0.4, 0.5) is 4.79 Å². The topological polar surface area (TPSA) is 64.6 Å². The number of rotatable bonds is 6. The highest BCUT2D eigenvalue weighted by molar-refractivity contribution is 6.76. The van der Waals surface area contributed by atoms with Crippen molar-refractivity contribution in [3.63, 3.8) is 0 Å². The number of esters is 1. The zero-order valence-electron chi connectivity index (χ0n) is 15.2. The molecule has 0 aromatic heterocycles. The second-order valence-electron chi connectivity index (χ2n) is 7.62. The van der Waals surface area contributed by atoms with Crippen molar-refractivity contribution >= 4 is 31.7 Å². The lowest BCUT2D eigenvalue weighted by atomic mass is 9.97. The van der Waals surface area contributed by atoms with Gasteiger partial charge in [-0.1, -0.05) is 43.4 Å². The van der Waals surface area contributed by atoms with Crippen LogP contribution in [-0.4, -0.2) is 33.9 Å². The summed E-state index contributed by atoms with van der Waals surface area (Å²) in [6.07, 6.45) is 0.400. The molecule has 0 bridgehead atoms. The Balaban J connectivity index is 2.07. The summed E-state index contributed by atoms with van der Waals surface area (Å²) in [5.41, 5.74) is 1.93. The molecular formula is C18H26ClNO4Si. The lowest BCUT2D eigenvalue weighted by Gasteiger charge is -2.22. The number of amides is 1. The van der Waals surface area contributed by atoms with Crippen LogP contribution in [0.15, 0.2) is 18.2 Å². The minimum atomic E-state index is -1.26. The molecule has 1 N–H and O–H groups in total. The Kier molecular flexibility index (Phi) is 6.51. The van der Waals surface area contributed by atoms with Gasteiger partial charge in [-0.15, -0.1) is 0 Å². The van der Waals surface area contributed by atoms with Crippen molar-refractivity contribution in [1.29, 1.82) is 0 Å². The van der Waals surface area contributed by atoms with E-state index in [2.05, 4.69) is 25.0 Å². The number of carbonyl (C=O) groups is 2. The second-order valence-corrected chi connectivity index (χ2v) is 13.6. The number of methoxy groups -OCH3 is 1. The van der Waals surface area contributed by atoms with Crippen LogP contribution in [0.1, 0.15) is 23.6 Å². The Hall–Kier alpha value is -1.53. The van der Waals surface area contributed by atoms with Gasteiger partial charge in [0, 0.05) is 13.1 Å². The molecule has 0 fully saturated rings. The van der Waals surface area contributed by atoms with E-state index in [-0.39, 0.29) is 24.3 Å². The van der Waals surface area contributed by atoms with Crippen LogP contribution in [0.5, 0.6) is 0 Å². The maximum Gasteiger partial charge on any atom is 0.407 e. The van der Waals surface area contributed by atoms with Crippen LogP contribution in [0.25, 0.3) is 0 Å². The molecule has 5 nitrogen and oxygen atoms in total. The maximum atomic E-state index is 12.2. The molecule has 0 radical (unpaired) electrons. The van der Waals surface area contributed by atoms with E-state index in [4.69, 9.17) is 21.1 Å². The molecule has 0 saturated carbocycles. The molecular weight excluding hydrogens is 358 g/mol. The normalized spacial score (nSPS) is 19.2. The Labute approximate surface area is 155 Å². The summed E-state index contributed by atoms with van der Waals surface area (Å²) >= 11 is 6.29. The molecule has 0 heterocycles. The molecule has 1 aromatic rings. The minimum absolute atomic E-state index is 0.0908. The molecule has 1 amide bonds. The third-order valence-corrected chi connectivity index (χ3v) is 6.50. The first-order valence-corrected chi connectivity index (χ1v) is 12.6. The van der Waals surface area contributed by atoms with Crippen molar-refractivity contribution in [2.24, 2.45) is 5.92 Å². The third kappa shape index (κ3) is 5.47. The molecule has 2 atom stereocenters. The third-order valence-electron chi connectivity index (χ3n) is 4.44. The number of halogens is 1. The van der Waals surface area contributed by atoms with E-state index >= 15 is 0 Å². The fraction of sp³-hybridized carbons (Fsp3) is 0.556. The van der Waals surface area contributed by atoms with Crippen molar-refractivity contribution in [1.82, 2.24) is 5.32 Å². The zero-order valence-corrected chi connectivity index (χ0v) is 17.0.